The Kier molecular flexibility index (Phi) is 4.75. The van der Waals surface area contributed by atoms with E-state index in [0.717, 1.165) is 54.5 Å². The molecular formula is C20H24N6O. The van der Waals surface area contributed by atoms with Crippen LogP contribution in [0.1, 0.15) is 41.5 Å². The summed E-state index contributed by atoms with van der Waals surface area (Å²) in [5, 5.41) is 6.98. The lowest BCUT2D eigenvalue weighted by Gasteiger charge is -2.33. The standard InChI is InChI=1S/C20H24N6O/c1-14-12-21-15(2)18(22-14)25-10-8-17(9-11-25)19-23-24-20(27)26(19)13-16-6-4-3-5-7-16/h3-7,12,17H,8-11,13H2,1-2H3,(H,24,27). The molecule has 0 aliphatic carbocycles. The van der Waals surface area contributed by atoms with Crippen molar-refractivity contribution >= 4 is 5.82 Å². The van der Waals surface area contributed by atoms with Gasteiger partial charge < -0.3 is 4.90 Å². The summed E-state index contributed by atoms with van der Waals surface area (Å²) in [5.41, 5.74) is 2.85. The van der Waals surface area contributed by atoms with Crippen LogP contribution in [0.5, 0.6) is 0 Å². The Balaban J connectivity index is 1.50. The number of nitrogens with zero attached hydrogens (tertiary/aromatic N) is 5. The van der Waals surface area contributed by atoms with Crippen LogP contribution < -0.4 is 10.6 Å². The Hall–Kier alpha value is -2.96. The maximum atomic E-state index is 12.3. The minimum absolute atomic E-state index is 0.142. The number of H-pyrrole nitrogens is 1. The van der Waals surface area contributed by atoms with Gasteiger partial charge in [0.25, 0.3) is 0 Å². The van der Waals surface area contributed by atoms with Crippen LogP contribution in [0, 0.1) is 13.8 Å². The maximum Gasteiger partial charge on any atom is 0.343 e. The van der Waals surface area contributed by atoms with Gasteiger partial charge in [0.05, 0.1) is 17.9 Å². The molecule has 140 valence electrons. The summed E-state index contributed by atoms with van der Waals surface area (Å²) < 4.78 is 1.77. The molecule has 4 rings (SSSR count). The summed E-state index contributed by atoms with van der Waals surface area (Å²) in [7, 11) is 0. The second kappa shape index (κ2) is 7.34. The highest BCUT2D eigenvalue weighted by Gasteiger charge is 2.27. The van der Waals surface area contributed by atoms with E-state index in [9.17, 15) is 4.79 Å². The van der Waals surface area contributed by atoms with E-state index in [-0.39, 0.29) is 11.6 Å². The van der Waals surface area contributed by atoms with E-state index in [2.05, 4.69) is 25.1 Å². The van der Waals surface area contributed by atoms with Crippen LogP contribution in [0.3, 0.4) is 0 Å². The first kappa shape index (κ1) is 17.5. The predicted molar refractivity (Wildman–Crippen MR) is 104 cm³/mol. The monoisotopic (exact) mass is 364 g/mol. The summed E-state index contributed by atoms with van der Waals surface area (Å²) in [6.45, 7) is 6.29. The van der Waals surface area contributed by atoms with Crippen LogP contribution in [0.4, 0.5) is 5.82 Å². The number of anilines is 1. The largest absolute Gasteiger partial charge is 0.355 e. The van der Waals surface area contributed by atoms with Crippen molar-refractivity contribution in [2.24, 2.45) is 0 Å². The molecule has 1 fully saturated rings. The molecule has 0 radical (unpaired) electrons. The molecule has 1 aliphatic rings. The van der Waals surface area contributed by atoms with Crippen LogP contribution in [0.25, 0.3) is 0 Å². The molecule has 3 heterocycles. The number of aryl methyl sites for hydroxylation is 2. The first-order chi connectivity index (χ1) is 13.1. The molecule has 1 aliphatic heterocycles. The van der Waals surface area contributed by atoms with E-state index in [1.807, 2.05) is 44.2 Å². The van der Waals surface area contributed by atoms with Crippen molar-refractivity contribution < 1.29 is 0 Å². The van der Waals surface area contributed by atoms with Gasteiger partial charge in [-0.15, -0.1) is 0 Å². The van der Waals surface area contributed by atoms with Gasteiger partial charge in [-0.1, -0.05) is 30.3 Å². The Morgan fingerprint density at radius 3 is 2.63 bits per heavy atom. The zero-order valence-corrected chi connectivity index (χ0v) is 15.7. The molecule has 1 aromatic carbocycles. The van der Waals surface area contributed by atoms with Crippen molar-refractivity contribution in [3.63, 3.8) is 0 Å². The summed E-state index contributed by atoms with van der Waals surface area (Å²) in [5.74, 6) is 2.09. The second-order valence-corrected chi connectivity index (χ2v) is 7.14. The Morgan fingerprint density at radius 1 is 1.15 bits per heavy atom. The SMILES string of the molecule is Cc1cnc(C)c(N2CCC(c3n[nH]c(=O)n3Cc3ccccc3)CC2)n1. The van der Waals surface area contributed by atoms with Gasteiger partial charge in [-0.25, -0.2) is 14.9 Å². The zero-order valence-electron chi connectivity index (χ0n) is 15.7. The third kappa shape index (κ3) is 3.63. The highest BCUT2D eigenvalue weighted by atomic mass is 16.1. The number of hydrogen-bond donors (Lipinski definition) is 1. The Bertz CT molecular complexity index is 970. The third-order valence-corrected chi connectivity index (χ3v) is 5.18. The van der Waals surface area contributed by atoms with Crippen molar-refractivity contribution in [3.05, 3.63) is 69.8 Å². The minimum atomic E-state index is -0.142. The molecule has 0 spiro atoms. The van der Waals surface area contributed by atoms with Crippen molar-refractivity contribution in [3.8, 4) is 0 Å². The summed E-state index contributed by atoms with van der Waals surface area (Å²) >= 11 is 0. The molecule has 2 aromatic heterocycles. The number of nitrogens with one attached hydrogen (secondary N) is 1. The number of aromatic nitrogens is 5. The van der Waals surface area contributed by atoms with Crippen molar-refractivity contribution in [2.75, 3.05) is 18.0 Å². The van der Waals surface area contributed by atoms with Crippen molar-refractivity contribution in [1.82, 2.24) is 24.7 Å². The second-order valence-electron chi connectivity index (χ2n) is 7.14. The average Bonchev–Trinajstić information content (AvgIpc) is 3.05. The molecule has 7 nitrogen and oxygen atoms in total. The number of rotatable bonds is 4. The molecular weight excluding hydrogens is 340 g/mol. The fourth-order valence-corrected chi connectivity index (χ4v) is 3.73. The zero-order chi connectivity index (χ0) is 18.8. The molecule has 0 atom stereocenters. The first-order valence-electron chi connectivity index (χ1n) is 9.36. The molecule has 0 unspecified atom stereocenters. The Morgan fingerprint density at radius 2 is 1.89 bits per heavy atom. The van der Waals surface area contributed by atoms with E-state index in [4.69, 9.17) is 0 Å². The normalized spacial score (nSPS) is 15.3. The molecule has 27 heavy (non-hydrogen) atoms. The smallest absolute Gasteiger partial charge is 0.343 e. The van der Waals surface area contributed by atoms with Gasteiger partial charge in [0.15, 0.2) is 0 Å². The van der Waals surface area contributed by atoms with Gasteiger partial charge in [-0.3, -0.25) is 9.55 Å². The average molecular weight is 364 g/mol. The molecule has 0 bridgehead atoms. The lowest BCUT2D eigenvalue weighted by molar-refractivity contribution is 0.465. The lowest BCUT2D eigenvalue weighted by atomic mass is 9.95. The van der Waals surface area contributed by atoms with Crippen LogP contribution in [0.15, 0.2) is 41.3 Å². The highest BCUT2D eigenvalue weighted by molar-refractivity contribution is 5.43. The molecule has 3 aromatic rings. The quantitative estimate of drug-likeness (QED) is 0.769. The van der Waals surface area contributed by atoms with E-state index in [1.54, 1.807) is 10.8 Å². The van der Waals surface area contributed by atoms with Gasteiger partial charge in [0.2, 0.25) is 0 Å². The first-order valence-corrected chi connectivity index (χ1v) is 9.36. The van der Waals surface area contributed by atoms with Crippen LogP contribution in [-0.2, 0) is 6.54 Å². The highest BCUT2D eigenvalue weighted by Crippen LogP contribution is 2.29. The van der Waals surface area contributed by atoms with Crippen molar-refractivity contribution in [1.29, 1.82) is 0 Å². The van der Waals surface area contributed by atoms with Crippen LogP contribution in [0.2, 0.25) is 0 Å². The third-order valence-electron chi connectivity index (χ3n) is 5.18. The number of piperidine rings is 1. The van der Waals surface area contributed by atoms with E-state index < -0.39 is 0 Å². The Labute approximate surface area is 158 Å². The number of hydrogen-bond acceptors (Lipinski definition) is 5. The van der Waals surface area contributed by atoms with E-state index in [0.29, 0.717) is 6.54 Å². The van der Waals surface area contributed by atoms with E-state index in [1.165, 1.54) is 0 Å². The van der Waals surface area contributed by atoms with Crippen LogP contribution >= 0.6 is 0 Å². The molecule has 0 amide bonds. The maximum absolute atomic E-state index is 12.3. The summed E-state index contributed by atoms with van der Waals surface area (Å²) in [6, 6.07) is 10.0. The van der Waals surface area contributed by atoms with Gasteiger partial charge in [0.1, 0.15) is 11.6 Å². The summed E-state index contributed by atoms with van der Waals surface area (Å²) in [6.07, 6.45) is 3.68. The van der Waals surface area contributed by atoms with E-state index >= 15 is 0 Å². The van der Waals surface area contributed by atoms with Gasteiger partial charge in [-0.05, 0) is 32.3 Å². The fraction of sp³-hybridized carbons (Fsp3) is 0.400. The van der Waals surface area contributed by atoms with Crippen LogP contribution in [-0.4, -0.2) is 37.8 Å². The lowest BCUT2D eigenvalue weighted by Crippen LogP contribution is -2.35. The molecule has 1 N–H and O–H groups in total. The number of benzene rings is 1. The molecule has 1 saturated heterocycles. The van der Waals surface area contributed by atoms with Gasteiger partial charge in [0, 0.05) is 25.2 Å². The minimum Gasteiger partial charge on any atom is -0.355 e. The molecule has 7 heteroatoms. The molecule has 0 saturated carbocycles. The van der Waals surface area contributed by atoms with Gasteiger partial charge >= 0.3 is 5.69 Å². The topological polar surface area (TPSA) is 79.7 Å². The van der Waals surface area contributed by atoms with Crippen molar-refractivity contribution in [2.45, 2.75) is 39.2 Å². The summed E-state index contributed by atoms with van der Waals surface area (Å²) in [4.78, 5) is 23.6. The van der Waals surface area contributed by atoms with Gasteiger partial charge in [-0.2, -0.15) is 5.10 Å². The fourth-order valence-electron chi connectivity index (χ4n) is 3.73. The predicted octanol–water partition coefficient (Wildman–Crippen LogP) is 2.41. The number of aromatic amines is 1.